The topological polar surface area (TPSA) is 74.6 Å². The molecule has 168 valence electrons. The van der Waals surface area contributed by atoms with Crippen molar-refractivity contribution in [2.24, 2.45) is 0 Å². The van der Waals surface area contributed by atoms with Crippen LogP contribution < -0.4 is 19.5 Å². The molecule has 0 unspecified atom stereocenters. The average molecular weight is 454 g/mol. The fourth-order valence-electron chi connectivity index (χ4n) is 3.57. The van der Waals surface area contributed by atoms with Crippen molar-refractivity contribution >= 4 is 23.4 Å². The number of benzene rings is 2. The molecule has 8 heteroatoms. The van der Waals surface area contributed by atoms with Crippen molar-refractivity contribution in [3.05, 3.63) is 48.2 Å². The summed E-state index contributed by atoms with van der Waals surface area (Å²) in [6, 6.07) is 11.1. The molecule has 0 saturated heterocycles. The molecule has 1 aliphatic heterocycles. The molecule has 2 aromatic carbocycles. The van der Waals surface area contributed by atoms with Gasteiger partial charge in [0.2, 0.25) is 5.75 Å². The molecule has 32 heavy (non-hydrogen) atoms. The molecular weight excluding hydrogens is 426 g/mol. The first kappa shape index (κ1) is 22.1. The minimum atomic E-state index is -0.261. The predicted molar refractivity (Wildman–Crippen MR) is 126 cm³/mol. The summed E-state index contributed by atoms with van der Waals surface area (Å²) in [6.45, 7) is 7.98. The maximum atomic E-state index is 13.2. The van der Waals surface area contributed by atoms with E-state index in [2.05, 4.69) is 9.88 Å². The number of nitrogens with one attached hydrogen (secondary N) is 1. The monoisotopic (exact) mass is 453 g/mol. The molecule has 0 radical (unpaired) electrons. The van der Waals surface area contributed by atoms with Gasteiger partial charge in [-0.3, -0.25) is 4.79 Å². The second-order valence-electron chi connectivity index (χ2n) is 7.05. The van der Waals surface area contributed by atoms with Gasteiger partial charge in [0.15, 0.2) is 16.7 Å². The number of aromatic nitrogens is 2. The van der Waals surface area contributed by atoms with Crippen molar-refractivity contribution in [2.75, 3.05) is 30.9 Å². The smallest absolute Gasteiger partial charge is 0.255 e. The van der Waals surface area contributed by atoms with E-state index in [1.807, 2.05) is 51.2 Å². The van der Waals surface area contributed by atoms with E-state index < -0.39 is 0 Å². The molecule has 0 fully saturated rings. The number of imidazole rings is 1. The first-order valence-electron chi connectivity index (χ1n) is 10.8. The van der Waals surface area contributed by atoms with Gasteiger partial charge in [-0.25, -0.2) is 4.98 Å². The zero-order valence-electron chi connectivity index (χ0n) is 18.5. The zero-order valence-corrected chi connectivity index (χ0v) is 19.3. The zero-order chi connectivity index (χ0) is 22.5. The molecule has 1 amide bonds. The summed E-state index contributed by atoms with van der Waals surface area (Å²) >= 11 is 1.74. The Labute approximate surface area is 192 Å². The summed E-state index contributed by atoms with van der Waals surface area (Å²) in [5.74, 6) is 2.27. The van der Waals surface area contributed by atoms with Crippen molar-refractivity contribution in [2.45, 2.75) is 32.5 Å². The van der Waals surface area contributed by atoms with Crippen molar-refractivity contribution in [1.29, 1.82) is 0 Å². The van der Waals surface area contributed by atoms with Crippen molar-refractivity contribution in [1.82, 2.24) is 9.55 Å². The Bertz CT molecular complexity index is 1060. The van der Waals surface area contributed by atoms with Crippen LogP contribution in [-0.4, -0.2) is 41.0 Å². The molecule has 0 atom stereocenters. The lowest BCUT2D eigenvalue weighted by Crippen LogP contribution is -2.14. The second-order valence-corrected chi connectivity index (χ2v) is 8.11. The van der Waals surface area contributed by atoms with E-state index in [1.54, 1.807) is 23.9 Å². The number of hydrogen-bond donors (Lipinski definition) is 1. The third-order valence-corrected chi connectivity index (χ3v) is 5.90. The third-order valence-electron chi connectivity index (χ3n) is 4.93. The number of ether oxygens (including phenoxy) is 3. The predicted octanol–water partition coefficient (Wildman–Crippen LogP) is 5.10. The van der Waals surface area contributed by atoms with Gasteiger partial charge in [0, 0.05) is 29.6 Å². The molecule has 3 aromatic rings. The molecule has 0 saturated carbocycles. The number of para-hydroxylation sites is 1. The van der Waals surface area contributed by atoms with E-state index >= 15 is 0 Å². The molecule has 0 bridgehead atoms. The number of hydrogen-bond acceptors (Lipinski definition) is 6. The SMILES string of the molecule is CCOc1cc(C(=O)Nc2ccccc2-c2cn3c(n2)SCC3)cc(OCC)c1OCC. The minimum absolute atomic E-state index is 0.261. The number of thioether (sulfide) groups is 1. The number of carbonyl (C=O) groups is 1. The highest BCUT2D eigenvalue weighted by Gasteiger charge is 2.21. The summed E-state index contributed by atoms with van der Waals surface area (Å²) in [7, 11) is 0. The summed E-state index contributed by atoms with van der Waals surface area (Å²) in [5, 5.41) is 4.04. The standard InChI is InChI=1S/C24H27N3O4S/c1-4-29-20-13-16(14-21(30-5-2)22(20)31-6-3)23(28)25-18-10-8-7-9-17(18)19-15-27-11-12-32-24(27)26-19/h7-10,13-15H,4-6,11-12H2,1-3H3,(H,25,28). The number of carbonyl (C=O) groups excluding carboxylic acids is 1. The number of aryl methyl sites for hydroxylation is 1. The fourth-order valence-corrected chi connectivity index (χ4v) is 4.51. The Morgan fingerprint density at radius 3 is 2.41 bits per heavy atom. The average Bonchev–Trinajstić information content (AvgIpc) is 3.39. The fraction of sp³-hybridized carbons (Fsp3) is 0.333. The number of amides is 1. The van der Waals surface area contributed by atoms with Crippen LogP contribution in [0.5, 0.6) is 17.2 Å². The summed E-state index contributed by atoms with van der Waals surface area (Å²) in [4.78, 5) is 18.0. The normalized spacial score (nSPS) is 12.3. The third kappa shape index (κ3) is 4.55. The first-order chi connectivity index (χ1) is 15.6. The largest absolute Gasteiger partial charge is 0.490 e. The van der Waals surface area contributed by atoms with Gasteiger partial charge in [-0.15, -0.1) is 0 Å². The number of fused-ring (bicyclic) bond motifs is 1. The molecule has 1 N–H and O–H groups in total. The Balaban J connectivity index is 1.65. The Morgan fingerprint density at radius 1 is 1.06 bits per heavy atom. The number of rotatable bonds is 9. The van der Waals surface area contributed by atoms with Crippen LogP contribution in [0.1, 0.15) is 31.1 Å². The maximum absolute atomic E-state index is 13.2. The molecule has 1 aliphatic rings. The van der Waals surface area contributed by atoms with E-state index in [0.29, 0.717) is 48.3 Å². The highest BCUT2D eigenvalue weighted by atomic mass is 32.2. The highest BCUT2D eigenvalue weighted by Crippen LogP contribution is 2.39. The Hall–Kier alpha value is -3.13. The van der Waals surface area contributed by atoms with Crippen molar-refractivity contribution in [3.8, 4) is 28.5 Å². The summed E-state index contributed by atoms with van der Waals surface area (Å²) in [6.07, 6.45) is 2.04. The lowest BCUT2D eigenvalue weighted by molar-refractivity contribution is 0.102. The van der Waals surface area contributed by atoms with Gasteiger partial charge in [-0.2, -0.15) is 0 Å². The quantitative estimate of drug-likeness (QED) is 0.486. The van der Waals surface area contributed by atoms with Gasteiger partial charge in [0.25, 0.3) is 5.91 Å². The van der Waals surface area contributed by atoms with Gasteiger partial charge in [0.05, 0.1) is 31.2 Å². The van der Waals surface area contributed by atoms with E-state index in [9.17, 15) is 4.79 Å². The van der Waals surface area contributed by atoms with Crippen molar-refractivity contribution in [3.63, 3.8) is 0 Å². The van der Waals surface area contributed by atoms with Crippen LogP contribution in [0.15, 0.2) is 47.8 Å². The van der Waals surface area contributed by atoms with Crippen LogP contribution in [0.3, 0.4) is 0 Å². The van der Waals surface area contributed by atoms with Crippen molar-refractivity contribution < 1.29 is 19.0 Å². The van der Waals surface area contributed by atoms with Crippen LogP contribution in [0.25, 0.3) is 11.3 Å². The van der Waals surface area contributed by atoms with E-state index in [0.717, 1.165) is 28.7 Å². The Morgan fingerprint density at radius 2 is 1.75 bits per heavy atom. The second kappa shape index (κ2) is 9.99. The number of nitrogens with zero attached hydrogens (tertiary/aromatic N) is 2. The summed E-state index contributed by atoms with van der Waals surface area (Å²) < 4.78 is 19.4. The van der Waals surface area contributed by atoms with Gasteiger partial charge in [0.1, 0.15) is 0 Å². The molecule has 0 spiro atoms. The van der Waals surface area contributed by atoms with Gasteiger partial charge >= 0.3 is 0 Å². The molecule has 2 heterocycles. The van der Waals surface area contributed by atoms with Gasteiger partial charge in [-0.1, -0.05) is 30.0 Å². The molecule has 0 aliphatic carbocycles. The Kier molecular flexibility index (Phi) is 6.90. The first-order valence-corrected chi connectivity index (χ1v) is 11.8. The van der Waals surface area contributed by atoms with Gasteiger partial charge < -0.3 is 24.1 Å². The number of anilines is 1. The van der Waals surface area contributed by atoms with E-state index in [4.69, 9.17) is 19.2 Å². The van der Waals surface area contributed by atoms with Gasteiger partial charge in [-0.05, 0) is 39.0 Å². The summed E-state index contributed by atoms with van der Waals surface area (Å²) in [5.41, 5.74) is 2.85. The molecular formula is C24H27N3O4S. The minimum Gasteiger partial charge on any atom is -0.490 e. The lowest BCUT2D eigenvalue weighted by atomic mass is 10.1. The van der Waals surface area contributed by atoms with Crippen LogP contribution in [0.4, 0.5) is 5.69 Å². The van der Waals surface area contributed by atoms with Crippen LogP contribution in [-0.2, 0) is 6.54 Å². The van der Waals surface area contributed by atoms with Crippen LogP contribution >= 0.6 is 11.8 Å². The van der Waals surface area contributed by atoms with E-state index in [-0.39, 0.29) is 5.91 Å². The van der Waals surface area contributed by atoms with E-state index in [1.165, 1.54) is 0 Å². The molecule has 4 rings (SSSR count). The highest BCUT2D eigenvalue weighted by molar-refractivity contribution is 7.99. The molecule has 1 aromatic heterocycles. The van der Waals surface area contributed by atoms with Crippen LogP contribution in [0.2, 0.25) is 0 Å². The van der Waals surface area contributed by atoms with Crippen LogP contribution in [0, 0.1) is 0 Å². The lowest BCUT2D eigenvalue weighted by Gasteiger charge is -2.17. The molecule has 7 nitrogen and oxygen atoms in total. The maximum Gasteiger partial charge on any atom is 0.255 e.